The van der Waals surface area contributed by atoms with Gasteiger partial charge in [-0.25, -0.2) is 9.82 Å². The Hall–Kier alpha value is -3.81. The summed E-state index contributed by atoms with van der Waals surface area (Å²) in [5, 5.41) is 14.8. The molecule has 3 rings (SSSR count). The molecule has 0 unspecified atom stereocenters. The predicted molar refractivity (Wildman–Crippen MR) is 108 cm³/mol. The SMILES string of the molecule is Cc1cc(/C=N\NC(=O)Cc2ccc(F)cc2)c(C)n1-c1ccc([N+](=O)[O-])cc1. The zero-order valence-corrected chi connectivity index (χ0v) is 15.9. The van der Waals surface area contributed by atoms with E-state index in [2.05, 4.69) is 10.5 Å². The highest BCUT2D eigenvalue weighted by atomic mass is 19.1. The van der Waals surface area contributed by atoms with Gasteiger partial charge in [0.25, 0.3) is 5.69 Å². The van der Waals surface area contributed by atoms with Crippen molar-refractivity contribution in [1.82, 2.24) is 9.99 Å². The number of carbonyl (C=O) groups is 1. The van der Waals surface area contributed by atoms with Gasteiger partial charge in [0.2, 0.25) is 5.91 Å². The van der Waals surface area contributed by atoms with Gasteiger partial charge in [-0.15, -0.1) is 0 Å². The Bertz CT molecular complexity index is 1070. The van der Waals surface area contributed by atoms with E-state index in [4.69, 9.17) is 0 Å². The molecule has 0 bridgehead atoms. The van der Waals surface area contributed by atoms with Crippen LogP contribution in [0.5, 0.6) is 0 Å². The van der Waals surface area contributed by atoms with Crippen LogP contribution in [-0.4, -0.2) is 21.6 Å². The fourth-order valence-electron chi connectivity index (χ4n) is 3.04. The Balaban J connectivity index is 1.70. The quantitative estimate of drug-likeness (QED) is 0.391. The van der Waals surface area contributed by atoms with E-state index in [0.717, 1.165) is 22.6 Å². The van der Waals surface area contributed by atoms with Gasteiger partial charge in [0.1, 0.15) is 5.82 Å². The lowest BCUT2D eigenvalue weighted by Gasteiger charge is -2.09. The second-order valence-corrected chi connectivity index (χ2v) is 6.53. The molecule has 8 heteroatoms. The van der Waals surface area contributed by atoms with Gasteiger partial charge >= 0.3 is 0 Å². The largest absolute Gasteiger partial charge is 0.318 e. The lowest BCUT2D eigenvalue weighted by Crippen LogP contribution is -2.19. The van der Waals surface area contributed by atoms with Gasteiger partial charge in [0.15, 0.2) is 0 Å². The van der Waals surface area contributed by atoms with E-state index in [1.54, 1.807) is 30.5 Å². The molecule has 0 fully saturated rings. The maximum atomic E-state index is 12.9. The summed E-state index contributed by atoms with van der Waals surface area (Å²) in [6.07, 6.45) is 1.65. The molecule has 1 N–H and O–H groups in total. The van der Waals surface area contributed by atoms with E-state index in [1.807, 2.05) is 24.5 Å². The highest BCUT2D eigenvalue weighted by Gasteiger charge is 2.11. The molecule has 0 spiro atoms. The van der Waals surface area contributed by atoms with Crippen LogP contribution in [0.3, 0.4) is 0 Å². The summed E-state index contributed by atoms with van der Waals surface area (Å²) in [5.41, 5.74) is 6.60. The first kappa shape index (κ1) is 19.9. The Morgan fingerprint density at radius 2 is 1.83 bits per heavy atom. The van der Waals surface area contributed by atoms with Gasteiger partial charge in [-0.2, -0.15) is 5.10 Å². The molecule has 0 aliphatic carbocycles. The number of nitrogens with zero attached hydrogens (tertiary/aromatic N) is 3. The summed E-state index contributed by atoms with van der Waals surface area (Å²) in [6.45, 7) is 3.81. The number of halogens is 1. The average molecular weight is 394 g/mol. The molecule has 7 nitrogen and oxygen atoms in total. The van der Waals surface area contributed by atoms with Crippen molar-refractivity contribution in [2.24, 2.45) is 5.10 Å². The van der Waals surface area contributed by atoms with E-state index < -0.39 is 4.92 Å². The Morgan fingerprint density at radius 3 is 2.45 bits per heavy atom. The molecule has 2 aromatic carbocycles. The van der Waals surface area contributed by atoms with Crippen LogP contribution in [0.15, 0.2) is 59.7 Å². The van der Waals surface area contributed by atoms with Gasteiger partial charge in [-0.3, -0.25) is 14.9 Å². The van der Waals surface area contributed by atoms with Crippen molar-refractivity contribution in [3.8, 4) is 5.69 Å². The summed E-state index contributed by atoms with van der Waals surface area (Å²) in [4.78, 5) is 22.4. The number of nitrogens with one attached hydrogen (secondary N) is 1. The number of carbonyl (C=O) groups excluding carboxylic acids is 1. The van der Waals surface area contributed by atoms with Crippen molar-refractivity contribution in [2.75, 3.05) is 0 Å². The maximum absolute atomic E-state index is 12.9. The lowest BCUT2D eigenvalue weighted by molar-refractivity contribution is -0.384. The minimum atomic E-state index is -0.439. The van der Waals surface area contributed by atoms with Crippen molar-refractivity contribution in [1.29, 1.82) is 0 Å². The van der Waals surface area contributed by atoms with E-state index in [-0.39, 0.29) is 23.8 Å². The summed E-state index contributed by atoms with van der Waals surface area (Å²) < 4.78 is 14.9. The first-order chi connectivity index (χ1) is 13.8. The molecule has 0 aliphatic rings. The minimum Gasteiger partial charge on any atom is -0.318 e. The summed E-state index contributed by atoms with van der Waals surface area (Å²) >= 11 is 0. The first-order valence-electron chi connectivity index (χ1n) is 8.85. The number of rotatable bonds is 6. The van der Waals surface area contributed by atoms with Gasteiger partial charge in [-0.05, 0) is 49.7 Å². The van der Waals surface area contributed by atoms with E-state index >= 15 is 0 Å². The number of aromatic nitrogens is 1. The Kier molecular flexibility index (Phi) is 5.82. The second-order valence-electron chi connectivity index (χ2n) is 6.53. The molecule has 0 atom stereocenters. The fraction of sp³-hybridized carbons (Fsp3) is 0.143. The van der Waals surface area contributed by atoms with Gasteiger partial charge in [0.05, 0.1) is 17.6 Å². The van der Waals surface area contributed by atoms with E-state index in [1.165, 1.54) is 24.3 Å². The van der Waals surface area contributed by atoms with Crippen LogP contribution in [0, 0.1) is 29.8 Å². The molecular formula is C21H19FN4O3. The third-order valence-corrected chi connectivity index (χ3v) is 4.46. The molecule has 29 heavy (non-hydrogen) atoms. The van der Waals surface area contributed by atoms with Gasteiger partial charge in [0, 0.05) is 34.8 Å². The molecular weight excluding hydrogens is 375 g/mol. The lowest BCUT2D eigenvalue weighted by atomic mass is 10.1. The number of aryl methyl sites for hydroxylation is 1. The van der Waals surface area contributed by atoms with Crippen molar-refractivity contribution in [3.63, 3.8) is 0 Å². The Labute approximate surface area is 166 Å². The fourth-order valence-corrected chi connectivity index (χ4v) is 3.04. The maximum Gasteiger partial charge on any atom is 0.269 e. The molecule has 0 saturated heterocycles. The number of hydrazone groups is 1. The molecule has 1 amide bonds. The zero-order valence-electron chi connectivity index (χ0n) is 15.9. The molecule has 3 aromatic rings. The average Bonchev–Trinajstić information content (AvgIpc) is 2.97. The summed E-state index contributed by atoms with van der Waals surface area (Å²) in [7, 11) is 0. The van der Waals surface area contributed by atoms with Crippen molar-refractivity contribution >= 4 is 17.8 Å². The van der Waals surface area contributed by atoms with Gasteiger partial charge in [-0.1, -0.05) is 12.1 Å². The highest BCUT2D eigenvalue weighted by Crippen LogP contribution is 2.22. The zero-order chi connectivity index (χ0) is 21.0. The number of amides is 1. The molecule has 0 radical (unpaired) electrons. The Morgan fingerprint density at radius 1 is 1.17 bits per heavy atom. The van der Waals surface area contributed by atoms with Crippen LogP contribution >= 0.6 is 0 Å². The summed E-state index contributed by atoms with van der Waals surface area (Å²) in [5.74, 6) is -0.660. The molecule has 1 aromatic heterocycles. The van der Waals surface area contributed by atoms with Crippen LogP contribution in [0.1, 0.15) is 22.5 Å². The number of non-ortho nitro benzene ring substituents is 1. The number of benzene rings is 2. The number of nitro benzene ring substituents is 1. The normalized spacial score (nSPS) is 11.0. The van der Waals surface area contributed by atoms with Crippen LogP contribution in [0.4, 0.5) is 10.1 Å². The van der Waals surface area contributed by atoms with Crippen molar-refractivity contribution in [3.05, 3.63) is 93.0 Å². The molecule has 0 saturated carbocycles. The van der Waals surface area contributed by atoms with Crippen LogP contribution in [0.2, 0.25) is 0 Å². The highest BCUT2D eigenvalue weighted by molar-refractivity contribution is 5.84. The monoisotopic (exact) mass is 394 g/mol. The number of hydrogen-bond donors (Lipinski definition) is 1. The standard InChI is InChI=1S/C21H19FN4O3/c1-14-11-17(13-23-24-21(27)12-16-3-5-18(22)6-4-16)15(2)25(14)19-7-9-20(10-8-19)26(28)29/h3-11,13H,12H2,1-2H3,(H,24,27)/b23-13-. The van der Waals surface area contributed by atoms with Crippen molar-refractivity contribution in [2.45, 2.75) is 20.3 Å². The van der Waals surface area contributed by atoms with Gasteiger partial charge < -0.3 is 4.57 Å². The van der Waals surface area contributed by atoms with E-state index in [0.29, 0.717) is 5.56 Å². The molecule has 1 heterocycles. The smallest absolute Gasteiger partial charge is 0.269 e. The van der Waals surface area contributed by atoms with Crippen LogP contribution < -0.4 is 5.43 Å². The van der Waals surface area contributed by atoms with Crippen LogP contribution in [0.25, 0.3) is 5.69 Å². The number of hydrogen-bond acceptors (Lipinski definition) is 4. The predicted octanol–water partition coefficient (Wildman–Crippen LogP) is 3.83. The summed E-state index contributed by atoms with van der Waals surface area (Å²) in [6, 6.07) is 13.9. The molecule has 148 valence electrons. The topological polar surface area (TPSA) is 89.5 Å². The van der Waals surface area contributed by atoms with Crippen molar-refractivity contribution < 1.29 is 14.1 Å². The van der Waals surface area contributed by atoms with Crippen LogP contribution in [-0.2, 0) is 11.2 Å². The molecule has 0 aliphatic heterocycles. The second kappa shape index (κ2) is 8.47. The minimum absolute atomic E-state index is 0.0295. The first-order valence-corrected chi connectivity index (χ1v) is 8.85. The third kappa shape index (κ3) is 4.73. The number of nitro groups is 1. The third-order valence-electron chi connectivity index (χ3n) is 4.46. The van der Waals surface area contributed by atoms with E-state index in [9.17, 15) is 19.3 Å².